The molecule has 1 heterocycles. The van der Waals surface area contributed by atoms with Gasteiger partial charge in [-0.25, -0.2) is 0 Å². The van der Waals surface area contributed by atoms with Crippen LogP contribution >= 0.6 is 0 Å². The summed E-state index contributed by atoms with van der Waals surface area (Å²) in [5.74, 6) is -0.234. The molecule has 0 spiro atoms. The number of para-hydroxylation sites is 1. The molecule has 0 fully saturated rings. The highest BCUT2D eigenvalue weighted by Crippen LogP contribution is 2.46. The number of nitrogens with zero attached hydrogens (tertiary/aromatic N) is 1. The number of likely N-dealkylation sites (N-methyl/N-ethyl adjacent to an activating group) is 1. The van der Waals surface area contributed by atoms with Gasteiger partial charge in [0.25, 0.3) is 0 Å². The Morgan fingerprint density at radius 2 is 2.12 bits per heavy atom. The van der Waals surface area contributed by atoms with Crippen LogP contribution in [0.15, 0.2) is 36.5 Å². The lowest BCUT2D eigenvalue weighted by Gasteiger charge is -2.25. The molecule has 0 saturated carbocycles. The minimum Gasteiger partial charge on any atom is -0.465 e. The summed E-state index contributed by atoms with van der Waals surface area (Å²) in [5, 5.41) is 0. The van der Waals surface area contributed by atoms with E-state index < -0.39 is 5.41 Å². The monoisotopic (exact) mass is 231 g/mol. The zero-order valence-electron chi connectivity index (χ0n) is 10.5. The van der Waals surface area contributed by atoms with Crippen LogP contribution < -0.4 is 4.90 Å². The third-order valence-corrected chi connectivity index (χ3v) is 3.47. The minimum atomic E-state index is -0.763. The molecule has 0 amide bonds. The van der Waals surface area contributed by atoms with Crippen LogP contribution in [0.5, 0.6) is 0 Å². The molecule has 1 aromatic carbocycles. The summed E-state index contributed by atoms with van der Waals surface area (Å²) in [7, 11) is 1.92. The minimum absolute atomic E-state index is 0.234. The molecule has 1 aromatic rings. The van der Waals surface area contributed by atoms with Crippen molar-refractivity contribution in [2.45, 2.75) is 19.3 Å². The summed E-state index contributed by atoms with van der Waals surface area (Å²) in [4.78, 5) is 14.1. The molecule has 0 aromatic heterocycles. The van der Waals surface area contributed by atoms with Gasteiger partial charge >= 0.3 is 5.97 Å². The molecule has 3 heteroatoms. The molecular formula is C14H17NO2. The van der Waals surface area contributed by atoms with Crippen LogP contribution in [0.3, 0.4) is 0 Å². The first-order valence-electron chi connectivity index (χ1n) is 5.73. The highest BCUT2D eigenvalue weighted by molar-refractivity contribution is 5.93. The summed E-state index contributed by atoms with van der Waals surface area (Å²) >= 11 is 0. The highest BCUT2D eigenvalue weighted by atomic mass is 16.5. The predicted molar refractivity (Wildman–Crippen MR) is 68.0 cm³/mol. The zero-order chi connectivity index (χ0) is 12.6. The molecule has 0 radical (unpaired) electrons. The summed E-state index contributed by atoms with van der Waals surface area (Å²) < 4.78 is 5.18. The average Bonchev–Trinajstić information content (AvgIpc) is 2.54. The molecule has 1 aliphatic heterocycles. The highest BCUT2D eigenvalue weighted by Gasteiger charge is 2.48. The van der Waals surface area contributed by atoms with Crippen LogP contribution in [0.25, 0.3) is 0 Å². The van der Waals surface area contributed by atoms with Gasteiger partial charge in [-0.05, 0) is 25.5 Å². The predicted octanol–water partition coefficient (Wildman–Crippen LogP) is 2.47. The van der Waals surface area contributed by atoms with Gasteiger partial charge in [-0.2, -0.15) is 0 Å². The van der Waals surface area contributed by atoms with Crippen molar-refractivity contribution in [2.75, 3.05) is 18.6 Å². The van der Waals surface area contributed by atoms with Crippen LogP contribution in [0.4, 0.5) is 5.69 Å². The van der Waals surface area contributed by atoms with Crippen molar-refractivity contribution in [3.05, 3.63) is 42.1 Å². The van der Waals surface area contributed by atoms with Crippen LogP contribution in [-0.4, -0.2) is 19.6 Å². The lowest BCUT2D eigenvalue weighted by Crippen LogP contribution is -2.36. The fourth-order valence-corrected chi connectivity index (χ4v) is 2.33. The third-order valence-electron chi connectivity index (χ3n) is 3.47. The Kier molecular flexibility index (Phi) is 2.69. The van der Waals surface area contributed by atoms with Gasteiger partial charge in [0.15, 0.2) is 0 Å². The second-order valence-corrected chi connectivity index (χ2v) is 4.37. The maximum absolute atomic E-state index is 12.2. The van der Waals surface area contributed by atoms with Gasteiger partial charge in [0.2, 0.25) is 0 Å². The Balaban J connectivity index is 2.55. The maximum atomic E-state index is 12.2. The van der Waals surface area contributed by atoms with E-state index in [4.69, 9.17) is 4.74 Å². The molecule has 2 rings (SSSR count). The van der Waals surface area contributed by atoms with E-state index >= 15 is 0 Å². The number of fused-ring (bicyclic) bond motifs is 1. The van der Waals surface area contributed by atoms with Gasteiger partial charge < -0.3 is 9.64 Å². The Hall–Kier alpha value is -1.77. The van der Waals surface area contributed by atoms with E-state index in [1.54, 1.807) is 0 Å². The molecule has 0 bridgehead atoms. The smallest absolute Gasteiger partial charge is 0.322 e. The van der Waals surface area contributed by atoms with Crippen LogP contribution in [0.1, 0.15) is 19.4 Å². The molecule has 17 heavy (non-hydrogen) atoms. The Morgan fingerprint density at radius 1 is 1.47 bits per heavy atom. The normalized spacial score (nSPS) is 22.5. The molecule has 1 unspecified atom stereocenters. The molecule has 0 saturated heterocycles. The topological polar surface area (TPSA) is 29.5 Å². The number of hydrogen-bond donors (Lipinski definition) is 0. The molecule has 1 atom stereocenters. The maximum Gasteiger partial charge on any atom is 0.322 e. The Labute approximate surface area is 102 Å². The van der Waals surface area contributed by atoms with E-state index in [9.17, 15) is 4.79 Å². The average molecular weight is 231 g/mol. The molecule has 0 N–H and O–H groups in total. The van der Waals surface area contributed by atoms with Gasteiger partial charge in [0.05, 0.1) is 6.61 Å². The van der Waals surface area contributed by atoms with Crippen molar-refractivity contribution >= 4 is 11.7 Å². The Bertz CT molecular complexity index is 481. The summed E-state index contributed by atoms with van der Waals surface area (Å²) in [6, 6.07) is 7.84. The van der Waals surface area contributed by atoms with E-state index in [0.717, 1.165) is 16.9 Å². The first-order chi connectivity index (χ1) is 8.03. The number of hydrogen-bond acceptors (Lipinski definition) is 3. The van der Waals surface area contributed by atoms with Crippen molar-refractivity contribution in [3.8, 4) is 0 Å². The standard InChI is InChI=1S/C14H17NO2/c1-5-17-13(16)14(3)10(2)15(4)12-9-7-6-8-11(12)14/h6-9H,2,5H2,1,3-4H3. The zero-order valence-corrected chi connectivity index (χ0v) is 10.5. The molecule has 3 nitrogen and oxygen atoms in total. The van der Waals surface area contributed by atoms with E-state index in [2.05, 4.69) is 6.58 Å². The van der Waals surface area contributed by atoms with Gasteiger partial charge in [-0.1, -0.05) is 24.8 Å². The quantitative estimate of drug-likeness (QED) is 0.732. The largest absolute Gasteiger partial charge is 0.465 e. The van der Waals surface area contributed by atoms with E-state index in [0.29, 0.717) is 6.61 Å². The lowest BCUT2D eigenvalue weighted by molar-refractivity contribution is -0.147. The summed E-state index contributed by atoms with van der Waals surface area (Å²) in [6.07, 6.45) is 0. The van der Waals surface area contributed by atoms with Crippen molar-refractivity contribution < 1.29 is 9.53 Å². The first-order valence-corrected chi connectivity index (χ1v) is 5.73. The second kappa shape index (κ2) is 3.91. The van der Waals surface area contributed by atoms with Gasteiger partial charge in [0, 0.05) is 18.4 Å². The van der Waals surface area contributed by atoms with Crippen molar-refractivity contribution in [3.63, 3.8) is 0 Å². The number of anilines is 1. The fourth-order valence-electron chi connectivity index (χ4n) is 2.33. The van der Waals surface area contributed by atoms with Crippen molar-refractivity contribution in [1.29, 1.82) is 0 Å². The third kappa shape index (κ3) is 1.46. The Morgan fingerprint density at radius 3 is 2.76 bits per heavy atom. The van der Waals surface area contributed by atoms with Crippen LogP contribution in [0, 0.1) is 0 Å². The molecule has 0 aliphatic carbocycles. The van der Waals surface area contributed by atoms with E-state index in [1.165, 1.54) is 0 Å². The molecule has 1 aliphatic rings. The number of benzene rings is 1. The lowest BCUT2D eigenvalue weighted by atomic mass is 9.82. The first kappa shape index (κ1) is 11.7. The van der Waals surface area contributed by atoms with Gasteiger partial charge in [-0.15, -0.1) is 0 Å². The number of rotatable bonds is 2. The molecule has 90 valence electrons. The van der Waals surface area contributed by atoms with E-state index in [1.807, 2.05) is 50.1 Å². The molecular weight excluding hydrogens is 214 g/mol. The van der Waals surface area contributed by atoms with Crippen LogP contribution in [0.2, 0.25) is 0 Å². The second-order valence-electron chi connectivity index (χ2n) is 4.37. The van der Waals surface area contributed by atoms with E-state index in [-0.39, 0.29) is 5.97 Å². The number of ether oxygens (including phenoxy) is 1. The van der Waals surface area contributed by atoms with Crippen molar-refractivity contribution in [2.24, 2.45) is 0 Å². The number of carbonyl (C=O) groups excluding carboxylic acids is 1. The number of esters is 1. The number of carbonyl (C=O) groups is 1. The van der Waals surface area contributed by atoms with Gasteiger partial charge in [-0.3, -0.25) is 4.79 Å². The van der Waals surface area contributed by atoms with Crippen molar-refractivity contribution in [1.82, 2.24) is 0 Å². The fraction of sp³-hybridized carbons (Fsp3) is 0.357. The van der Waals surface area contributed by atoms with Gasteiger partial charge in [0.1, 0.15) is 5.41 Å². The summed E-state index contributed by atoms with van der Waals surface area (Å²) in [5.41, 5.74) is 1.98. The SMILES string of the molecule is C=C1N(C)c2ccccc2C1(C)C(=O)OCC. The van der Waals surface area contributed by atoms with Crippen LogP contribution in [-0.2, 0) is 14.9 Å². The summed E-state index contributed by atoms with van der Waals surface area (Å²) in [6.45, 7) is 8.10.